The van der Waals surface area contributed by atoms with E-state index in [1.807, 2.05) is 18.2 Å². The molecule has 1 amide bonds. The van der Waals surface area contributed by atoms with Crippen molar-refractivity contribution in [2.75, 3.05) is 11.9 Å². The van der Waals surface area contributed by atoms with Crippen molar-refractivity contribution in [3.63, 3.8) is 0 Å². The number of carbonyl (C=O) groups excluding carboxylic acids is 3. The first-order valence-corrected chi connectivity index (χ1v) is 10.5. The number of hydrogen-bond donors (Lipinski definition) is 1. The van der Waals surface area contributed by atoms with E-state index in [9.17, 15) is 14.4 Å². The molecule has 2 aromatic rings. The third kappa shape index (κ3) is 5.48. The van der Waals surface area contributed by atoms with Crippen LogP contribution in [0.1, 0.15) is 59.8 Å². The van der Waals surface area contributed by atoms with Crippen molar-refractivity contribution in [2.45, 2.75) is 51.9 Å². The van der Waals surface area contributed by atoms with E-state index in [-0.39, 0.29) is 36.9 Å². The Labute approximate surface area is 168 Å². The Hall–Kier alpha value is -2.54. The van der Waals surface area contributed by atoms with Crippen LogP contribution < -0.4 is 5.32 Å². The molecule has 6 nitrogen and oxygen atoms in total. The van der Waals surface area contributed by atoms with Crippen molar-refractivity contribution in [1.82, 2.24) is 4.98 Å². The van der Waals surface area contributed by atoms with Gasteiger partial charge in [0.2, 0.25) is 5.91 Å². The van der Waals surface area contributed by atoms with Crippen molar-refractivity contribution < 1.29 is 19.1 Å². The Balaban J connectivity index is 1.48. The molecule has 1 heterocycles. The molecule has 0 spiro atoms. The fourth-order valence-corrected chi connectivity index (χ4v) is 3.99. The molecule has 1 aromatic heterocycles. The molecular weight excluding hydrogens is 376 g/mol. The quantitative estimate of drug-likeness (QED) is 0.539. The van der Waals surface area contributed by atoms with Gasteiger partial charge in [0.15, 0.2) is 10.9 Å². The second-order valence-electron chi connectivity index (χ2n) is 6.79. The van der Waals surface area contributed by atoms with E-state index in [0.29, 0.717) is 23.0 Å². The molecule has 0 aliphatic heterocycles. The molecule has 3 rings (SSSR count). The molecule has 1 aromatic carbocycles. The van der Waals surface area contributed by atoms with Gasteiger partial charge in [-0.1, -0.05) is 12.1 Å². The van der Waals surface area contributed by atoms with Crippen LogP contribution in [0.25, 0.3) is 0 Å². The summed E-state index contributed by atoms with van der Waals surface area (Å²) in [6.45, 7) is 2.07. The summed E-state index contributed by atoms with van der Waals surface area (Å²) in [5, 5.41) is 4.82. The Kier molecular flexibility index (Phi) is 6.92. The topological polar surface area (TPSA) is 85.4 Å². The number of nitrogens with one attached hydrogen (secondary N) is 1. The van der Waals surface area contributed by atoms with Crippen LogP contribution in [-0.4, -0.2) is 29.3 Å². The summed E-state index contributed by atoms with van der Waals surface area (Å²) in [5.74, 6) is -0.629. The summed E-state index contributed by atoms with van der Waals surface area (Å²) in [7, 11) is 0. The maximum atomic E-state index is 12.4. The number of aryl methyl sites for hydroxylation is 2. The number of fused-ring (bicyclic) bond motifs is 1. The Morgan fingerprint density at radius 1 is 1.14 bits per heavy atom. The van der Waals surface area contributed by atoms with Gasteiger partial charge in [-0.3, -0.25) is 14.4 Å². The second-order valence-corrected chi connectivity index (χ2v) is 7.65. The molecule has 148 valence electrons. The van der Waals surface area contributed by atoms with Crippen molar-refractivity contribution in [2.24, 2.45) is 0 Å². The number of hydrogen-bond acceptors (Lipinski definition) is 6. The SMILES string of the molecule is CCOC(=O)Cc1csc(NC(=O)CCC(=O)c2ccc3c(c2)CCCC3)n1. The van der Waals surface area contributed by atoms with Crippen LogP contribution in [0, 0.1) is 0 Å². The molecule has 0 saturated carbocycles. The highest BCUT2D eigenvalue weighted by molar-refractivity contribution is 7.13. The molecular formula is C21H24N2O4S. The first kappa shape index (κ1) is 20.2. The van der Waals surface area contributed by atoms with Gasteiger partial charge in [0.25, 0.3) is 0 Å². The summed E-state index contributed by atoms with van der Waals surface area (Å²) in [4.78, 5) is 40.2. The number of anilines is 1. The highest BCUT2D eigenvalue weighted by atomic mass is 32.1. The molecule has 0 atom stereocenters. The molecule has 1 aliphatic rings. The van der Waals surface area contributed by atoms with Crippen LogP contribution in [0.4, 0.5) is 5.13 Å². The molecule has 0 radical (unpaired) electrons. The largest absolute Gasteiger partial charge is 0.466 e. The first-order chi connectivity index (χ1) is 13.5. The lowest BCUT2D eigenvalue weighted by Gasteiger charge is -2.16. The van der Waals surface area contributed by atoms with Gasteiger partial charge in [-0.05, 0) is 49.8 Å². The predicted molar refractivity (Wildman–Crippen MR) is 108 cm³/mol. The zero-order valence-electron chi connectivity index (χ0n) is 16.0. The van der Waals surface area contributed by atoms with Crippen molar-refractivity contribution in [3.05, 3.63) is 46.0 Å². The van der Waals surface area contributed by atoms with Crippen LogP contribution in [0.3, 0.4) is 0 Å². The van der Waals surface area contributed by atoms with Gasteiger partial charge in [0.05, 0.1) is 18.7 Å². The molecule has 0 fully saturated rings. The van der Waals surface area contributed by atoms with Gasteiger partial charge in [0, 0.05) is 23.8 Å². The monoisotopic (exact) mass is 400 g/mol. The number of nitrogens with zero attached hydrogens (tertiary/aromatic N) is 1. The standard InChI is InChI=1S/C21H24N2O4S/c1-2-27-20(26)12-17-13-28-21(22-17)23-19(25)10-9-18(24)16-8-7-14-5-3-4-6-15(14)11-16/h7-8,11,13H,2-6,9-10,12H2,1H3,(H,22,23,25). The van der Waals surface area contributed by atoms with E-state index in [0.717, 1.165) is 12.8 Å². The normalized spacial score (nSPS) is 12.9. The minimum Gasteiger partial charge on any atom is -0.466 e. The molecule has 28 heavy (non-hydrogen) atoms. The Morgan fingerprint density at radius 3 is 2.71 bits per heavy atom. The molecule has 0 bridgehead atoms. The molecule has 1 aliphatic carbocycles. The lowest BCUT2D eigenvalue weighted by molar-refractivity contribution is -0.142. The van der Waals surface area contributed by atoms with Crippen LogP contribution in [-0.2, 0) is 33.6 Å². The van der Waals surface area contributed by atoms with Crippen LogP contribution >= 0.6 is 11.3 Å². The number of amides is 1. The number of rotatable bonds is 8. The van der Waals surface area contributed by atoms with Crippen molar-refractivity contribution >= 4 is 34.1 Å². The zero-order valence-corrected chi connectivity index (χ0v) is 16.8. The average Bonchev–Trinajstić information content (AvgIpc) is 3.12. The average molecular weight is 401 g/mol. The lowest BCUT2D eigenvalue weighted by Crippen LogP contribution is -2.14. The fourth-order valence-electron chi connectivity index (χ4n) is 3.27. The third-order valence-electron chi connectivity index (χ3n) is 4.68. The van der Waals surface area contributed by atoms with Crippen molar-refractivity contribution in [3.8, 4) is 0 Å². The number of esters is 1. The number of ketones is 1. The molecule has 1 N–H and O–H groups in total. The highest BCUT2D eigenvalue weighted by Gasteiger charge is 2.15. The number of Topliss-reactive ketones (excluding diaryl/α,β-unsaturated/α-hetero) is 1. The summed E-state index contributed by atoms with van der Waals surface area (Å²) >= 11 is 1.25. The van der Waals surface area contributed by atoms with Crippen LogP contribution in [0.2, 0.25) is 0 Å². The Bertz CT molecular complexity index is 875. The van der Waals surface area contributed by atoms with Gasteiger partial charge in [-0.2, -0.15) is 0 Å². The van der Waals surface area contributed by atoms with Crippen LogP contribution in [0.15, 0.2) is 23.6 Å². The Morgan fingerprint density at radius 2 is 1.93 bits per heavy atom. The van der Waals surface area contributed by atoms with Gasteiger partial charge in [-0.15, -0.1) is 11.3 Å². The zero-order chi connectivity index (χ0) is 19.9. The second kappa shape index (κ2) is 9.59. The number of ether oxygens (including phenoxy) is 1. The molecule has 0 saturated heterocycles. The smallest absolute Gasteiger partial charge is 0.311 e. The number of carbonyl (C=O) groups is 3. The van der Waals surface area contributed by atoms with Crippen molar-refractivity contribution in [1.29, 1.82) is 0 Å². The van der Waals surface area contributed by atoms with E-state index < -0.39 is 0 Å². The summed E-state index contributed by atoms with van der Waals surface area (Å²) in [6.07, 6.45) is 4.82. The molecule has 0 unspecified atom stereocenters. The third-order valence-corrected chi connectivity index (χ3v) is 5.49. The number of thiazole rings is 1. The van der Waals surface area contributed by atoms with Crippen LogP contribution in [0.5, 0.6) is 0 Å². The first-order valence-electron chi connectivity index (χ1n) is 9.60. The van der Waals surface area contributed by atoms with Gasteiger partial charge in [0.1, 0.15) is 0 Å². The maximum absolute atomic E-state index is 12.4. The lowest BCUT2D eigenvalue weighted by atomic mass is 9.89. The fraction of sp³-hybridized carbons (Fsp3) is 0.429. The summed E-state index contributed by atoms with van der Waals surface area (Å²) in [5.41, 5.74) is 3.84. The minimum absolute atomic E-state index is 0.0225. The predicted octanol–water partition coefficient (Wildman–Crippen LogP) is 3.73. The van der Waals surface area contributed by atoms with E-state index in [4.69, 9.17) is 4.74 Å². The van der Waals surface area contributed by atoms with E-state index >= 15 is 0 Å². The number of aromatic nitrogens is 1. The maximum Gasteiger partial charge on any atom is 0.311 e. The summed E-state index contributed by atoms with van der Waals surface area (Å²) < 4.78 is 4.88. The van der Waals surface area contributed by atoms with Gasteiger partial charge >= 0.3 is 5.97 Å². The number of benzene rings is 1. The van der Waals surface area contributed by atoms with E-state index in [2.05, 4.69) is 10.3 Å². The highest BCUT2D eigenvalue weighted by Crippen LogP contribution is 2.23. The minimum atomic E-state index is -0.346. The summed E-state index contributed by atoms with van der Waals surface area (Å²) in [6, 6.07) is 5.90. The van der Waals surface area contributed by atoms with E-state index in [1.54, 1.807) is 12.3 Å². The van der Waals surface area contributed by atoms with Gasteiger partial charge < -0.3 is 10.1 Å². The molecule has 7 heteroatoms. The van der Waals surface area contributed by atoms with Gasteiger partial charge in [-0.25, -0.2) is 4.98 Å². The van der Waals surface area contributed by atoms with E-state index in [1.165, 1.54) is 35.3 Å².